The molecule has 1 unspecified atom stereocenters. The van der Waals surface area contributed by atoms with Gasteiger partial charge in [-0.25, -0.2) is 0 Å². The molecule has 0 bridgehead atoms. The highest BCUT2D eigenvalue weighted by molar-refractivity contribution is 5.72. The van der Waals surface area contributed by atoms with Crippen LogP contribution in [0.4, 0.5) is 5.69 Å². The average molecular weight is 263 g/mol. The molecule has 1 aliphatic heterocycles. The molecule has 5 nitrogen and oxygen atoms in total. The second kappa shape index (κ2) is 5.73. The van der Waals surface area contributed by atoms with Crippen molar-refractivity contribution in [3.8, 4) is 0 Å². The van der Waals surface area contributed by atoms with Crippen LogP contribution in [-0.2, 0) is 22.4 Å². The summed E-state index contributed by atoms with van der Waals surface area (Å²) in [7, 11) is 0. The van der Waals surface area contributed by atoms with Crippen LogP contribution in [0.1, 0.15) is 24.0 Å². The fourth-order valence-electron chi connectivity index (χ4n) is 2.38. The van der Waals surface area contributed by atoms with E-state index in [-0.39, 0.29) is 12.8 Å². The van der Waals surface area contributed by atoms with Crippen LogP contribution >= 0.6 is 0 Å². The van der Waals surface area contributed by atoms with E-state index in [0.29, 0.717) is 6.42 Å². The summed E-state index contributed by atoms with van der Waals surface area (Å²) in [6, 6.07) is 5.90. The maximum Gasteiger partial charge on any atom is 0.306 e. The molecule has 0 saturated heterocycles. The van der Waals surface area contributed by atoms with Crippen molar-refractivity contribution in [3.05, 3.63) is 29.3 Å². The van der Waals surface area contributed by atoms with Crippen molar-refractivity contribution in [3.63, 3.8) is 0 Å². The lowest BCUT2D eigenvalue weighted by molar-refractivity contribution is -0.142. The number of carboxylic acid groups (broad SMARTS) is 2. The van der Waals surface area contributed by atoms with Crippen LogP contribution < -0.4 is 5.32 Å². The first kappa shape index (κ1) is 13.4. The molecular formula is C14H17NO4. The van der Waals surface area contributed by atoms with E-state index < -0.39 is 17.9 Å². The van der Waals surface area contributed by atoms with E-state index in [1.165, 1.54) is 5.56 Å². The Bertz CT molecular complexity index is 498. The molecule has 1 aromatic carbocycles. The summed E-state index contributed by atoms with van der Waals surface area (Å²) in [5.74, 6) is -2.52. The fourth-order valence-corrected chi connectivity index (χ4v) is 2.38. The first-order valence-corrected chi connectivity index (χ1v) is 6.36. The molecule has 3 N–H and O–H groups in total. The molecule has 0 radical (unpaired) electrons. The Kier molecular flexibility index (Phi) is 4.04. The molecule has 5 heteroatoms. The van der Waals surface area contributed by atoms with E-state index in [2.05, 4.69) is 5.32 Å². The molecule has 0 amide bonds. The number of nitrogens with one attached hydrogen (secondary N) is 1. The van der Waals surface area contributed by atoms with Crippen LogP contribution in [0.3, 0.4) is 0 Å². The van der Waals surface area contributed by atoms with Gasteiger partial charge in [0.15, 0.2) is 0 Å². The quantitative estimate of drug-likeness (QED) is 0.728. The lowest BCUT2D eigenvalue weighted by Gasteiger charge is -2.12. The summed E-state index contributed by atoms with van der Waals surface area (Å²) >= 11 is 0. The van der Waals surface area contributed by atoms with Crippen molar-refractivity contribution in [1.29, 1.82) is 0 Å². The number of fused-ring (bicyclic) bond motifs is 1. The molecule has 1 aliphatic rings. The molecule has 1 heterocycles. The lowest BCUT2D eigenvalue weighted by Crippen LogP contribution is -2.18. The molecule has 0 aliphatic carbocycles. The van der Waals surface area contributed by atoms with Crippen molar-refractivity contribution in [1.82, 2.24) is 0 Å². The van der Waals surface area contributed by atoms with E-state index in [1.54, 1.807) is 0 Å². The highest BCUT2D eigenvalue weighted by Gasteiger charge is 2.20. The number of aliphatic carboxylic acids is 2. The van der Waals surface area contributed by atoms with Gasteiger partial charge < -0.3 is 15.5 Å². The lowest BCUT2D eigenvalue weighted by atomic mass is 9.93. The zero-order valence-corrected chi connectivity index (χ0v) is 10.6. The molecule has 19 heavy (non-hydrogen) atoms. The van der Waals surface area contributed by atoms with Crippen molar-refractivity contribution in [2.24, 2.45) is 5.92 Å². The SMILES string of the molecule is O=C(O)CCC(Cc1ccc2c(c1)CCN2)C(=O)O. The van der Waals surface area contributed by atoms with Crippen LogP contribution in [0.25, 0.3) is 0 Å². The first-order chi connectivity index (χ1) is 9.06. The monoisotopic (exact) mass is 263 g/mol. The Morgan fingerprint density at radius 1 is 1.32 bits per heavy atom. The van der Waals surface area contributed by atoms with E-state index >= 15 is 0 Å². The molecule has 0 saturated carbocycles. The Morgan fingerprint density at radius 3 is 2.79 bits per heavy atom. The van der Waals surface area contributed by atoms with Gasteiger partial charge in [-0.05, 0) is 36.5 Å². The number of hydrogen-bond acceptors (Lipinski definition) is 3. The predicted molar refractivity (Wildman–Crippen MR) is 70.3 cm³/mol. The zero-order valence-electron chi connectivity index (χ0n) is 10.6. The summed E-state index contributed by atoms with van der Waals surface area (Å²) in [6.07, 6.45) is 1.40. The molecule has 0 spiro atoms. The Morgan fingerprint density at radius 2 is 2.11 bits per heavy atom. The summed E-state index contributed by atoms with van der Waals surface area (Å²) in [4.78, 5) is 21.7. The molecule has 1 atom stereocenters. The molecule has 0 aromatic heterocycles. The maximum atomic E-state index is 11.1. The van der Waals surface area contributed by atoms with Crippen LogP contribution in [-0.4, -0.2) is 28.7 Å². The molecule has 1 aromatic rings. The third-order valence-corrected chi connectivity index (χ3v) is 3.42. The van der Waals surface area contributed by atoms with Gasteiger partial charge in [-0.2, -0.15) is 0 Å². The van der Waals surface area contributed by atoms with Crippen LogP contribution in [0.2, 0.25) is 0 Å². The van der Waals surface area contributed by atoms with Gasteiger partial charge in [0, 0.05) is 18.7 Å². The number of carbonyl (C=O) groups is 2. The highest BCUT2D eigenvalue weighted by atomic mass is 16.4. The number of benzene rings is 1. The van der Waals surface area contributed by atoms with Crippen molar-refractivity contribution >= 4 is 17.6 Å². The molecule has 0 fully saturated rings. The molecular weight excluding hydrogens is 246 g/mol. The topological polar surface area (TPSA) is 86.6 Å². The first-order valence-electron chi connectivity index (χ1n) is 6.36. The third-order valence-electron chi connectivity index (χ3n) is 3.42. The van der Waals surface area contributed by atoms with Gasteiger partial charge >= 0.3 is 11.9 Å². The van der Waals surface area contributed by atoms with Gasteiger partial charge in [-0.1, -0.05) is 12.1 Å². The zero-order chi connectivity index (χ0) is 13.8. The second-order valence-corrected chi connectivity index (χ2v) is 4.84. The van der Waals surface area contributed by atoms with Crippen molar-refractivity contribution in [2.75, 3.05) is 11.9 Å². The molecule has 102 valence electrons. The van der Waals surface area contributed by atoms with Gasteiger partial charge in [0.05, 0.1) is 5.92 Å². The Balaban J connectivity index is 2.04. The van der Waals surface area contributed by atoms with Crippen LogP contribution in [0, 0.1) is 5.92 Å². The van der Waals surface area contributed by atoms with Crippen molar-refractivity contribution < 1.29 is 19.8 Å². The number of rotatable bonds is 6. The minimum absolute atomic E-state index is 0.108. The second-order valence-electron chi connectivity index (χ2n) is 4.84. The Hall–Kier alpha value is -2.04. The minimum atomic E-state index is -0.954. The highest BCUT2D eigenvalue weighted by Crippen LogP contribution is 2.25. The minimum Gasteiger partial charge on any atom is -0.481 e. The van der Waals surface area contributed by atoms with E-state index in [9.17, 15) is 9.59 Å². The van der Waals surface area contributed by atoms with E-state index in [1.807, 2.05) is 18.2 Å². The summed E-state index contributed by atoms with van der Waals surface area (Å²) in [5.41, 5.74) is 3.28. The summed E-state index contributed by atoms with van der Waals surface area (Å²) in [6.45, 7) is 0.917. The summed E-state index contributed by atoms with van der Waals surface area (Å²) in [5, 5.41) is 21.0. The number of anilines is 1. The summed E-state index contributed by atoms with van der Waals surface area (Å²) < 4.78 is 0. The average Bonchev–Trinajstić information content (AvgIpc) is 2.81. The predicted octanol–water partition coefficient (Wildman–Crippen LogP) is 1.76. The van der Waals surface area contributed by atoms with Gasteiger partial charge in [-0.15, -0.1) is 0 Å². The largest absolute Gasteiger partial charge is 0.481 e. The van der Waals surface area contributed by atoms with Gasteiger partial charge in [0.25, 0.3) is 0 Å². The standard InChI is InChI=1S/C14H17NO4/c16-13(17)4-2-11(14(18)19)8-9-1-3-12-10(7-9)5-6-15-12/h1,3,7,11,15H,2,4-6,8H2,(H,16,17)(H,18,19). The van der Waals surface area contributed by atoms with Crippen molar-refractivity contribution in [2.45, 2.75) is 25.7 Å². The number of hydrogen-bond donors (Lipinski definition) is 3. The smallest absolute Gasteiger partial charge is 0.306 e. The third kappa shape index (κ3) is 3.47. The maximum absolute atomic E-state index is 11.1. The van der Waals surface area contributed by atoms with Gasteiger partial charge in [0.1, 0.15) is 0 Å². The van der Waals surface area contributed by atoms with Gasteiger partial charge in [-0.3, -0.25) is 9.59 Å². The normalized spacial score (nSPS) is 14.5. The van der Waals surface area contributed by atoms with Gasteiger partial charge in [0.2, 0.25) is 0 Å². The van der Waals surface area contributed by atoms with Crippen LogP contribution in [0.15, 0.2) is 18.2 Å². The van der Waals surface area contributed by atoms with Crippen LogP contribution in [0.5, 0.6) is 0 Å². The van der Waals surface area contributed by atoms with E-state index in [4.69, 9.17) is 10.2 Å². The Labute approximate surface area is 111 Å². The molecule has 2 rings (SSSR count). The fraction of sp³-hybridized carbons (Fsp3) is 0.429. The number of carboxylic acids is 2. The van der Waals surface area contributed by atoms with E-state index in [0.717, 1.165) is 24.2 Å².